The molecule has 0 atom stereocenters. The number of hydrogen-bond donors (Lipinski definition) is 1. The minimum atomic E-state index is 0.0848. The van der Waals surface area contributed by atoms with Crippen LogP contribution in [0.15, 0.2) is 48.5 Å². The Morgan fingerprint density at radius 3 is 2.55 bits per heavy atom. The van der Waals surface area contributed by atoms with Gasteiger partial charge < -0.3 is 10.1 Å². The van der Waals surface area contributed by atoms with Crippen molar-refractivity contribution in [3.63, 3.8) is 0 Å². The van der Waals surface area contributed by atoms with Gasteiger partial charge in [-0.25, -0.2) is 0 Å². The maximum Gasteiger partial charge on any atom is 0.174 e. The fraction of sp³-hybridized carbons (Fsp3) is 0.235. The lowest BCUT2D eigenvalue weighted by atomic mass is 10.1. The van der Waals surface area contributed by atoms with Crippen LogP contribution < -0.4 is 10.1 Å². The van der Waals surface area contributed by atoms with E-state index >= 15 is 0 Å². The summed E-state index contributed by atoms with van der Waals surface area (Å²) in [5, 5.41) is 11.9. The van der Waals surface area contributed by atoms with Crippen molar-refractivity contribution in [3.8, 4) is 11.8 Å². The second-order valence-corrected chi connectivity index (χ2v) is 4.45. The molecule has 2 aromatic carbocycles. The number of para-hydroxylation sites is 1. The first kappa shape index (κ1) is 14.0. The van der Waals surface area contributed by atoms with Gasteiger partial charge in [0.2, 0.25) is 0 Å². The van der Waals surface area contributed by atoms with Gasteiger partial charge in [0.05, 0.1) is 0 Å². The molecule has 3 heteroatoms. The Hall–Kier alpha value is -2.47. The summed E-state index contributed by atoms with van der Waals surface area (Å²) in [6, 6.07) is 18.1. The molecule has 1 N–H and O–H groups in total. The third-order valence-corrected chi connectivity index (χ3v) is 3.11. The molecular formula is C17H18N2O. The highest BCUT2D eigenvalue weighted by Gasteiger charge is 2.00. The van der Waals surface area contributed by atoms with E-state index in [9.17, 15) is 0 Å². The van der Waals surface area contributed by atoms with Crippen LogP contribution in [0.2, 0.25) is 0 Å². The third-order valence-electron chi connectivity index (χ3n) is 3.11. The Balaban J connectivity index is 1.95. The summed E-state index contributed by atoms with van der Waals surface area (Å²) in [5.74, 6) is 0.726. The number of rotatable bonds is 6. The van der Waals surface area contributed by atoms with Crippen molar-refractivity contribution in [1.29, 1.82) is 5.26 Å². The minimum absolute atomic E-state index is 0.0848. The van der Waals surface area contributed by atoms with Crippen molar-refractivity contribution in [1.82, 2.24) is 0 Å². The van der Waals surface area contributed by atoms with Gasteiger partial charge in [-0.1, -0.05) is 37.3 Å². The van der Waals surface area contributed by atoms with Gasteiger partial charge in [0.25, 0.3) is 0 Å². The van der Waals surface area contributed by atoms with Gasteiger partial charge in [0.15, 0.2) is 6.61 Å². The molecule has 20 heavy (non-hydrogen) atoms. The van der Waals surface area contributed by atoms with Crippen molar-refractivity contribution in [2.24, 2.45) is 0 Å². The maximum atomic E-state index is 8.46. The zero-order valence-electron chi connectivity index (χ0n) is 11.6. The zero-order valence-corrected chi connectivity index (χ0v) is 11.6. The second kappa shape index (κ2) is 7.20. The van der Waals surface area contributed by atoms with Crippen LogP contribution in [-0.2, 0) is 13.0 Å². The molecule has 0 aliphatic rings. The van der Waals surface area contributed by atoms with Crippen LogP contribution >= 0.6 is 0 Å². The summed E-state index contributed by atoms with van der Waals surface area (Å²) in [6.07, 6.45) is 1.02. The largest absolute Gasteiger partial charge is 0.479 e. The van der Waals surface area contributed by atoms with Gasteiger partial charge in [0.1, 0.15) is 11.8 Å². The molecule has 0 unspecified atom stereocenters. The topological polar surface area (TPSA) is 45.0 Å². The molecule has 0 aromatic heterocycles. The predicted molar refractivity (Wildman–Crippen MR) is 80.7 cm³/mol. The summed E-state index contributed by atoms with van der Waals surface area (Å²) in [7, 11) is 0. The van der Waals surface area contributed by atoms with Gasteiger partial charge in [-0.15, -0.1) is 0 Å². The molecule has 102 valence electrons. The lowest BCUT2D eigenvalue weighted by Crippen LogP contribution is -2.02. The van der Waals surface area contributed by atoms with Crippen LogP contribution in [0.1, 0.15) is 18.1 Å². The van der Waals surface area contributed by atoms with E-state index in [0.717, 1.165) is 18.7 Å². The first-order valence-electron chi connectivity index (χ1n) is 6.74. The summed E-state index contributed by atoms with van der Waals surface area (Å²) >= 11 is 0. The lowest BCUT2D eigenvalue weighted by Gasteiger charge is -2.11. The average Bonchev–Trinajstić information content (AvgIpc) is 2.52. The monoisotopic (exact) mass is 266 g/mol. The first-order valence-corrected chi connectivity index (χ1v) is 6.74. The highest BCUT2D eigenvalue weighted by atomic mass is 16.5. The lowest BCUT2D eigenvalue weighted by molar-refractivity contribution is 0.368. The highest BCUT2D eigenvalue weighted by Crippen LogP contribution is 2.17. The SMILES string of the molecule is CCc1ccccc1NCc1ccc(OCC#N)cc1. The Labute approximate surface area is 119 Å². The molecule has 0 bridgehead atoms. The molecule has 3 nitrogen and oxygen atoms in total. The van der Waals surface area contributed by atoms with Gasteiger partial charge in [-0.05, 0) is 35.7 Å². The Bertz CT molecular complexity index is 585. The van der Waals surface area contributed by atoms with E-state index in [1.165, 1.54) is 16.8 Å². The van der Waals surface area contributed by atoms with Crippen LogP contribution in [0.25, 0.3) is 0 Å². The van der Waals surface area contributed by atoms with Crippen molar-refractivity contribution in [2.75, 3.05) is 11.9 Å². The number of nitriles is 1. The van der Waals surface area contributed by atoms with Crippen LogP contribution in [0, 0.1) is 11.3 Å². The molecule has 0 aliphatic carbocycles. The number of anilines is 1. The smallest absolute Gasteiger partial charge is 0.174 e. The number of ether oxygens (including phenoxy) is 1. The van der Waals surface area contributed by atoms with E-state index in [1.54, 1.807) is 0 Å². The molecule has 0 radical (unpaired) electrons. The van der Waals surface area contributed by atoms with Gasteiger partial charge in [-0.2, -0.15) is 5.26 Å². The normalized spacial score (nSPS) is 9.80. The van der Waals surface area contributed by atoms with Crippen molar-refractivity contribution in [2.45, 2.75) is 19.9 Å². The second-order valence-electron chi connectivity index (χ2n) is 4.45. The summed E-state index contributed by atoms with van der Waals surface area (Å²) in [5.41, 5.74) is 3.68. The standard InChI is InChI=1S/C17H18N2O/c1-2-15-5-3-4-6-17(15)19-13-14-7-9-16(10-8-14)20-12-11-18/h3-10,19H,2,12-13H2,1H3. The quantitative estimate of drug-likeness (QED) is 0.865. The number of nitrogens with zero attached hydrogens (tertiary/aromatic N) is 1. The molecular weight excluding hydrogens is 248 g/mol. The molecule has 0 spiro atoms. The Morgan fingerprint density at radius 2 is 1.85 bits per heavy atom. The van der Waals surface area contributed by atoms with E-state index in [4.69, 9.17) is 10.00 Å². The fourth-order valence-electron chi connectivity index (χ4n) is 2.02. The fourth-order valence-corrected chi connectivity index (χ4v) is 2.02. The maximum absolute atomic E-state index is 8.46. The van der Waals surface area contributed by atoms with Crippen LogP contribution in [0.5, 0.6) is 5.75 Å². The molecule has 0 saturated carbocycles. The van der Waals surface area contributed by atoms with Gasteiger partial charge in [0, 0.05) is 12.2 Å². The van der Waals surface area contributed by atoms with E-state index in [1.807, 2.05) is 36.4 Å². The minimum Gasteiger partial charge on any atom is -0.479 e. The molecule has 0 heterocycles. The van der Waals surface area contributed by atoms with Crippen molar-refractivity contribution in [3.05, 3.63) is 59.7 Å². The van der Waals surface area contributed by atoms with Crippen molar-refractivity contribution >= 4 is 5.69 Å². The summed E-state index contributed by atoms with van der Waals surface area (Å²) in [6.45, 7) is 3.01. The molecule has 2 aromatic rings. The molecule has 0 saturated heterocycles. The van der Waals surface area contributed by atoms with E-state index in [0.29, 0.717) is 0 Å². The number of aryl methyl sites for hydroxylation is 1. The summed E-state index contributed by atoms with van der Waals surface area (Å²) < 4.78 is 5.23. The highest BCUT2D eigenvalue weighted by molar-refractivity contribution is 5.51. The van der Waals surface area contributed by atoms with Crippen LogP contribution in [-0.4, -0.2) is 6.61 Å². The Kier molecular flexibility index (Phi) is 5.02. The number of hydrogen-bond acceptors (Lipinski definition) is 3. The van der Waals surface area contributed by atoms with Crippen LogP contribution in [0.4, 0.5) is 5.69 Å². The van der Waals surface area contributed by atoms with Gasteiger partial charge in [-0.3, -0.25) is 0 Å². The third kappa shape index (κ3) is 3.76. The number of nitrogens with one attached hydrogen (secondary N) is 1. The molecule has 0 aliphatic heterocycles. The molecule has 0 amide bonds. The Morgan fingerprint density at radius 1 is 1.10 bits per heavy atom. The van der Waals surface area contributed by atoms with Crippen molar-refractivity contribution < 1.29 is 4.74 Å². The van der Waals surface area contributed by atoms with E-state index < -0.39 is 0 Å². The predicted octanol–water partition coefficient (Wildman–Crippen LogP) is 3.76. The molecule has 0 fully saturated rings. The van der Waals surface area contributed by atoms with Crippen LogP contribution in [0.3, 0.4) is 0 Å². The van der Waals surface area contributed by atoms with E-state index in [-0.39, 0.29) is 6.61 Å². The zero-order chi connectivity index (χ0) is 14.2. The first-order chi connectivity index (χ1) is 9.83. The van der Waals surface area contributed by atoms with Gasteiger partial charge >= 0.3 is 0 Å². The number of benzene rings is 2. The average molecular weight is 266 g/mol. The molecule has 2 rings (SSSR count). The summed E-state index contributed by atoms with van der Waals surface area (Å²) in [4.78, 5) is 0. The van der Waals surface area contributed by atoms with E-state index in [2.05, 4.69) is 30.4 Å².